The van der Waals surface area contributed by atoms with Crippen molar-refractivity contribution in [3.05, 3.63) is 29.8 Å². The highest BCUT2D eigenvalue weighted by Gasteiger charge is 2.45. The predicted octanol–water partition coefficient (Wildman–Crippen LogP) is 0.767. The number of aliphatic carboxylic acids is 1. The van der Waals surface area contributed by atoms with Crippen LogP contribution in [0.15, 0.2) is 24.3 Å². The van der Waals surface area contributed by atoms with Gasteiger partial charge in [-0.3, -0.25) is 15.0 Å². The molecule has 0 aromatic heterocycles. The molecule has 0 bridgehead atoms. The van der Waals surface area contributed by atoms with E-state index in [4.69, 9.17) is 9.47 Å². The van der Waals surface area contributed by atoms with Crippen LogP contribution >= 0.6 is 0 Å². The summed E-state index contributed by atoms with van der Waals surface area (Å²) in [5, 5.41) is 11.8. The van der Waals surface area contributed by atoms with Gasteiger partial charge in [0.25, 0.3) is 5.72 Å². The van der Waals surface area contributed by atoms with E-state index in [1.165, 1.54) is 33.2 Å². The van der Waals surface area contributed by atoms with Gasteiger partial charge in [-0.2, -0.15) is 0 Å². The van der Waals surface area contributed by atoms with E-state index in [-0.39, 0.29) is 11.3 Å². The summed E-state index contributed by atoms with van der Waals surface area (Å²) in [5.41, 5.74) is -2.09. The molecule has 8 nitrogen and oxygen atoms in total. The zero-order valence-electron chi connectivity index (χ0n) is 12.7. The number of ether oxygens (including phenoxy) is 2. The maximum atomic E-state index is 12.0. The lowest BCUT2D eigenvalue weighted by molar-refractivity contribution is -0.167. The van der Waals surface area contributed by atoms with Crippen molar-refractivity contribution in [2.45, 2.75) is 12.6 Å². The maximum Gasteiger partial charge on any atom is 0.362 e. The highest BCUT2D eigenvalue weighted by molar-refractivity contribution is 5.95. The molecule has 22 heavy (non-hydrogen) atoms. The molecule has 0 aliphatic rings. The molecule has 1 atom stereocenters. The molecule has 0 saturated carbocycles. The molecule has 8 heteroatoms. The maximum absolute atomic E-state index is 12.0. The lowest BCUT2D eigenvalue weighted by atomic mass is 10.0. The van der Waals surface area contributed by atoms with Crippen molar-refractivity contribution >= 4 is 17.9 Å². The summed E-state index contributed by atoms with van der Waals surface area (Å²) in [7, 11) is 3.72. The van der Waals surface area contributed by atoms with E-state index in [9.17, 15) is 19.5 Å². The molecule has 0 aliphatic heterocycles. The number of imide groups is 1. The van der Waals surface area contributed by atoms with Crippen molar-refractivity contribution in [2.24, 2.45) is 0 Å². The highest BCUT2D eigenvalue weighted by atomic mass is 16.5. The van der Waals surface area contributed by atoms with Gasteiger partial charge in [0.05, 0.1) is 12.7 Å². The van der Waals surface area contributed by atoms with Gasteiger partial charge in [0.1, 0.15) is 5.75 Å². The third-order valence-corrected chi connectivity index (χ3v) is 3.15. The number of benzene rings is 1. The molecular weight excluding hydrogens is 292 g/mol. The quantitative estimate of drug-likeness (QED) is 0.778. The number of para-hydroxylation sites is 1. The van der Waals surface area contributed by atoms with Gasteiger partial charge in [0.15, 0.2) is 0 Å². The van der Waals surface area contributed by atoms with Gasteiger partial charge in [-0.1, -0.05) is 12.1 Å². The third-order valence-electron chi connectivity index (χ3n) is 3.15. The van der Waals surface area contributed by atoms with Gasteiger partial charge in [0.2, 0.25) is 5.91 Å². The molecular formula is C14H18N2O6. The molecule has 1 rings (SSSR count). The Labute approximate surface area is 127 Å². The number of carboxylic acids is 1. The van der Waals surface area contributed by atoms with Crippen LogP contribution in [0.25, 0.3) is 0 Å². The Bertz CT molecular complexity index is 588. The average Bonchev–Trinajstić information content (AvgIpc) is 2.51. The average molecular weight is 310 g/mol. The Morgan fingerprint density at radius 1 is 1.23 bits per heavy atom. The first-order valence-corrected chi connectivity index (χ1v) is 6.28. The smallest absolute Gasteiger partial charge is 0.362 e. The number of nitrogens with one attached hydrogen (secondary N) is 1. The minimum Gasteiger partial charge on any atom is -0.496 e. The van der Waals surface area contributed by atoms with Gasteiger partial charge in [-0.15, -0.1) is 0 Å². The first kappa shape index (κ1) is 17.4. The Morgan fingerprint density at radius 3 is 2.27 bits per heavy atom. The minimum absolute atomic E-state index is 0.0952. The van der Waals surface area contributed by atoms with Crippen LogP contribution < -0.4 is 10.1 Å². The van der Waals surface area contributed by atoms with Crippen LogP contribution in [0, 0.1) is 0 Å². The van der Waals surface area contributed by atoms with Gasteiger partial charge < -0.3 is 14.6 Å². The molecule has 1 unspecified atom stereocenters. The van der Waals surface area contributed by atoms with Crippen LogP contribution in [0.3, 0.4) is 0 Å². The van der Waals surface area contributed by atoms with Gasteiger partial charge in [-0.05, 0) is 12.1 Å². The van der Waals surface area contributed by atoms with Crippen LogP contribution in [0.2, 0.25) is 0 Å². The Hall–Kier alpha value is -2.61. The van der Waals surface area contributed by atoms with Crippen LogP contribution in [-0.2, 0) is 20.1 Å². The lowest BCUT2D eigenvalue weighted by Gasteiger charge is -2.31. The molecule has 0 radical (unpaired) electrons. The molecule has 0 saturated heterocycles. The first-order chi connectivity index (χ1) is 10.3. The topological polar surface area (TPSA) is 105 Å². The minimum atomic E-state index is -2.19. The number of nitrogens with zero attached hydrogens (tertiary/aromatic N) is 1. The normalized spacial score (nSPS) is 12.9. The number of carbonyl (C=O) groups is 3. The number of carboxylic acid groups (broad SMARTS) is 1. The fourth-order valence-corrected chi connectivity index (χ4v) is 1.80. The highest BCUT2D eigenvalue weighted by Crippen LogP contribution is 2.31. The molecule has 1 aromatic rings. The monoisotopic (exact) mass is 310 g/mol. The molecule has 3 amide bonds. The molecule has 0 aliphatic carbocycles. The third kappa shape index (κ3) is 3.17. The summed E-state index contributed by atoms with van der Waals surface area (Å²) < 4.78 is 10.2. The summed E-state index contributed by atoms with van der Waals surface area (Å²) >= 11 is 0. The number of hydrogen-bond donors (Lipinski definition) is 2. The SMILES string of the molecule is COc1ccccc1C(NC(=O)N(C)C(C)=O)(OC)C(=O)O. The van der Waals surface area contributed by atoms with Crippen molar-refractivity contribution in [1.82, 2.24) is 10.2 Å². The van der Waals surface area contributed by atoms with E-state index in [0.717, 1.165) is 12.0 Å². The van der Waals surface area contributed by atoms with E-state index >= 15 is 0 Å². The molecule has 1 aromatic carbocycles. The van der Waals surface area contributed by atoms with Crippen molar-refractivity contribution < 1.29 is 29.0 Å². The molecule has 0 spiro atoms. The van der Waals surface area contributed by atoms with Crippen molar-refractivity contribution in [2.75, 3.05) is 21.3 Å². The second-order valence-electron chi connectivity index (χ2n) is 4.40. The second kappa shape index (κ2) is 6.90. The van der Waals surface area contributed by atoms with E-state index in [2.05, 4.69) is 5.32 Å². The fraction of sp³-hybridized carbons (Fsp3) is 0.357. The molecule has 0 heterocycles. The van der Waals surface area contributed by atoms with Gasteiger partial charge in [-0.25, -0.2) is 9.59 Å². The number of urea groups is 1. The van der Waals surface area contributed by atoms with E-state index in [1.54, 1.807) is 12.1 Å². The summed E-state index contributed by atoms with van der Waals surface area (Å²) in [4.78, 5) is 35.8. The van der Waals surface area contributed by atoms with Crippen LogP contribution in [0.1, 0.15) is 12.5 Å². The van der Waals surface area contributed by atoms with Gasteiger partial charge >= 0.3 is 12.0 Å². The summed E-state index contributed by atoms with van der Waals surface area (Å²) in [6, 6.07) is 5.30. The number of rotatable bonds is 5. The van der Waals surface area contributed by atoms with Crippen molar-refractivity contribution in [1.29, 1.82) is 0 Å². The summed E-state index contributed by atoms with van der Waals surface area (Å²) in [5.74, 6) is -1.78. The molecule has 120 valence electrons. The number of hydrogen-bond acceptors (Lipinski definition) is 5. The van der Waals surface area contributed by atoms with Gasteiger partial charge in [0, 0.05) is 21.1 Å². The molecule has 0 fully saturated rings. The van der Waals surface area contributed by atoms with Crippen LogP contribution in [-0.4, -0.2) is 49.2 Å². The fourth-order valence-electron chi connectivity index (χ4n) is 1.80. The van der Waals surface area contributed by atoms with E-state index < -0.39 is 23.6 Å². The van der Waals surface area contributed by atoms with E-state index in [0.29, 0.717) is 0 Å². The Balaban J connectivity index is 3.35. The summed E-state index contributed by atoms with van der Waals surface area (Å²) in [6.07, 6.45) is 0. The van der Waals surface area contributed by atoms with Crippen LogP contribution in [0.5, 0.6) is 5.75 Å². The molecule has 2 N–H and O–H groups in total. The van der Waals surface area contributed by atoms with Crippen LogP contribution in [0.4, 0.5) is 4.79 Å². The Kier molecular flexibility index (Phi) is 5.47. The zero-order valence-corrected chi connectivity index (χ0v) is 12.7. The standard InChI is InChI=1S/C14H18N2O6/c1-9(17)16(2)13(20)15-14(22-4,12(18)19)10-7-5-6-8-11(10)21-3/h5-8H,1-4H3,(H,15,20)(H,18,19). The zero-order chi connectivity index (χ0) is 16.9. The largest absolute Gasteiger partial charge is 0.496 e. The Morgan fingerprint density at radius 2 is 1.82 bits per heavy atom. The number of amides is 3. The second-order valence-corrected chi connectivity index (χ2v) is 4.40. The van der Waals surface area contributed by atoms with Crippen molar-refractivity contribution in [3.8, 4) is 5.75 Å². The predicted molar refractivity (Wildman–Crippen MR) is 76.3 cm³/mol. The number of methoxy groups -OCH3 is 2. The number of carbonyl (C=O) groups excluding carboxylic acids is 2. The van der Waals surface area contributed by atoms with Crippen molar-refractivity contribution in [3.63, 3.8) is 0 Å². The lowest BCUT2D eigenvalue weighted by Crippen LogP contribution is -2.57. The first-order valence-electron chi connectivity index (χ1n) is 6.28. The van der Waals surface area contributed by atoms with E-state index in [1.807, 2.05) is 0 Å². The summed E-state index contributed by atoms with van der Waals surface area (Å²) in [6.45, 7) is 1.18.